The first-order chi connectivity index (χ1) is 13.6. The Morgan fingerprint density at radius 3 is 2.46 bits per heavy atom. The highest BCUT2D eigenvalue weighted by atomic mass is 35.5. The predicted octanol–water partition coefficient (Wildman–Crippen LogP) is 5.09. The van der Waals surface area contributed by atoms with E-state index in [1.807, 2.05) is 53.4 Å². The third kappa shape index (κ3) is 3.99. The Balaban J connectivity index is 1.32. The summed E-state index contributed by atoms with van der Waals surface area (Å²) in [6.45, 7) is 3.43. The summed E-state index contributed by atoms with van der Waals surface area (Å²) in [4.78, 5) is 20.3. The number of rotatable bonds is 3. The molecule has 1 N–H and O–H groups in total. The number of aryl methyl sites for hydroxylation is 1. The molecule has 1 saturated heterocycles. The molecule has 1 spiro atoms. The third-order valence-electron chi connectivity index (χ3n) is 5.59. The number of benzene rings is 2. The van der Waals surface area contributed by atoms with Crippen molar-refractivity contribution in [1.82, 2.24) is 4.90 Å². The molecule has 1 fully saturated rings. The first-order valence-electron chi connectivity index (χ1n) is 9.73. The molecule has 2 aliphatic heterocycles. The smallest absolute Gasteiger partial charge is 0.321 e. The lowest BCUT2D eigenvalue weighted by atomic mass is 9.85. The van der Waals surface area contributed by atoms with Gasteiger partial charge in [-0.2, -0.15) is 0 Å². The highest BCUT2D eigenvalue weighted by molar-refractivity contribution is 6.30. The molecule has 2 heterocycles. The van der Waals surface area contributed by atoms with Gasteiger partial charge in [0.2, 0.25) is 0 Å². The van der Waals surface area contributed by atoms with Crippen LogP contribution in [0, 0.1) is 0 Å². The minimum atomic E-state index is -0.297. The molecule has 28 heavy (non-hydrogen) atoms. The number of halogens is 1. The second-order valence-electron chi connectivity index (χ2n) is 7.46. The van der Waals surface area contributed by atoms with Crippen molar-refractivity contribution < 1.29 is 9.63 Å². The van der Waals surface area contributed by atoms with Crippen LogP contribution in [-0.2, 0) is 11.3 Å². The summed E-state index contributed by atoms with van der Waals surface area (Å²) in [7, 11) is 0. The van der Waals surface area contributed by atoms with Crippen LogP contribution in [0.3, 0.4) is 0 Å². The minimum absolute atomic E-state index is 0.0593. The van der Waals surface area contributed by atoms with E-state index in [2.05, 4.69) is 17.4 Å². The summed E-state index contributed by atoms with van der Waals surface area (Å²) in [6.07, 6.45) is 3.30. The molecule has 146 valence electrons. The third-order valence-corrected chi connectivity index (χ3v) is 5.84. The van der Waals surface area contributed by atoms with E-state index in [4.69, 9.17) is 16.4 Å². The number of likely N-dealkylation sites (tertiary alicyclic amines) is 1. The molecule has 2 aromatic rings. The Kier molecular flexibility index (Phi) is 5.27. The van der Waals surface area contributed by atoms with E-state index in [0.29, 0.717) is 18.1 Å². The van der Waals surface area contributed by atoms with Crippen LogP contribution in [0.5, 0.6) is 0 Å². The number of carbonyl (C=O) groups is 1. The van der Waals surface area contributed by atoms with E-state index in [1.54, 1.807) is 0 Å². The number of carbonyl (C=O) groups excluding carboxylic acids is 1. The van der Waals surface area contributed by atoms with Gasteiger partial charge >= 0.3 is 6.03 Å². The molecule has 0 atom stereocenters. The molecule has 2 amide bonds. The van der Waals surface area contributed by atoms with Crippen LogP contribution < -0.4 is 5.32 Å². The van der Waals surface area contributed by atoms with Crippen molar-refractivity contribution in [3.63, 3.8) is 0 Å². The number of nitrogens with zero attached hydrogens (tertiary/aromatic N) is 2. The van der Waals surface area contributed by atoms with Gasteiger partial charge in [-0.05, 0) is 41.8 Å². The molecular weight excluding hydrogens is 374 g/mol. The Morgan fingerprint density at radius 2 is 1.82 bits per heavy atom. The largest absolute Gasteiger partial charge is 0.388 e. The zero-order chi connectivity index (χ0) is 19.6. The molecule has 2 aliphatic rings. The van der Waals surface area contributed by atoms with Crippen molar-refractivity contribution in [2.24, 2.45) is 5.16 Å². The van der Waals surface area contributed by atoms with Crippen molar-refractivity contribution in [3.8, 4) is 0 Å². The first-order valence-corrected chi connectivity index (χ1v) is 10.1. The van der Waals surface area contributed by atoms with Gasteiger partial charge in [-0.3, -0.25) is 0 Å². The number of hydrogen-bond donors (Lipinski definition) is 1. The van der Waals surface area contributed by atoms with Crippen molar-refractivity contribution >= 4 is 29.0 Å². The second kappa shape index (κ2) is 7.84. The number of anilines is 1. The average molecular weight is 398 g/mol. The zero-order valence-electron chi connectivity index (χ0n) is 16.0. The van der Waals surface area contributed by atoms with Gasteiger partial charge in [0, 0.05) is 43.1 Å². The van der Waals surface area contributed by atoms with Crippen LogP contribution >= 0.6 is 11.6 Å². The lowest BCUT2D eigenvalue weighted by Crippen LogP contribution is -2.48. The van der Waals surface area contributed by atoms with E-state index in [-0.39, 0.29) is 11.6 Å². The van der Waals surface area contributed by atoms with Gasteiger partial charge < -0.3 is 15.1 Å². The molecule has 0 bridgehead atoms. The van der Waals surface area contributed by atoms with E-state index in [9.17, 15) is 4.79 Å². The lowest BCUT2D eigenvalue weighted by Gasteiger charge is -2.37. The lowest BCUT2D eigenvalue weighted by molar-refractivity contribution is -0.0544. The summed E-state index contributed by atoms with van der Waals surface area (Å²) < 4.78 is 0. The molecule has 5 nitrogen and oxygen atoms in total. The Bertz CT molecular complexity index is 870. The van der Waals surface area contributed by atoms with Crippen LogP contribution in [0.25, 0.3) is 0 Å². The molecule has 0 aliphatic carbocycles. The molecule has 2 aromatic carbocycles. The highest BCUT2D eigenvalue weighted by Crippen LogP contribution is 2.36. The van der Waals surface area contributed by atoms with Crippen molar-refractivity contribution in [2.45, 2.75) is 38.2 Å². The summed E-state index contributed by atoms with van der Waals surface area (Å²) >= 11 is 5.96. The Hall–Kier alpha value is -2.53. The van der Waals surface area contributed by atoms with Gasteiger partial charge in [-0.25, -0.2) is 4.79 Å². The van der Waals surface area contributed by atoms with Crippen LogP contribution in [-0.4, -0.2) is 35.3 Å². The standard InChI is InChI=1S/C22H24ClN3O2/c1-2-16-3-9-19(10-4-16)24-21(27)26-13-11-22(12-14-26)15-20(25-28-22)17-5-7-18(23)8-6-17/h3-10H,2,11-15H2,1H3,(H,24,27). The summed E-state index contributed by atoms with van der Waals surface area (Å²) in [5.41, 5.74) is 3.78. The molecule has 0 saturated carbocycles. The number of urea groups is 1. The Labute approximate surface area is 170 Å². The normalized spacial score (nSPS) is 17.9. The molecule has 4 rings (SSSR count). The fourth-order valence-electron chi connectivity index (χ4n) is 3.73. The topological polar surface area (TPSA) is 53.9 Å². The van der Waals surface area contributed by atoms with Crippen molar-refractivity contribution in [1.29, 1.82) is 0 Å². The average Bonchev–Trinajstić information content (AvgIpc) is 3.13. The van der Waals surface area contributed by atoms with Crippen LogP contribution in [0.15, 0.2) is 53.7 Å². The molecule has 6 heteroatoms. The fourth-order valence-corrected chi connectivity index (χ4v) is 3.86. The van der Waals surface area contributed by atoms with Crippen LogP contribution in [0.4, 0.5) is 10.5 Å². The van der Waals surface area contributed by atoms with E-state index < -0.39 is 0 Å². The summed E-state index contributed by atoms with van der Waals surface area (Å²) in [6, 6.07) is 15.6. The maximum absolute atomic E-state index is 12.6. The van der Waals surface area contributed by atoms with Gasteiger partial charge in [0.15, 0.2) is 0 Å². The van der Waals surface area contributed by atoms with Gasteiger partial charge in [0.25, 0.3) is 0 Å². The quantitative estimate of drug-likeness (QED) is 0.783. The fraction of sp³-hybridized carbons (Fsp3) is 0.364. The van der Waals surface area contributed by atoms with Gasteiger partial charge in [-0.15, -0.1) is 0 Å². The SMILES string of the molecule is CCc1ccc(NC(=O)N2CCC3(CC2)CC(c2ccc(Cl)cc2)=NO3)cc1. The summed E-state index contributed by atoms with van der Waals surface area (Å²) in [5.74, 6) is 0. The van der Waals surface area contributed by atoms with E-state index in [0.717, 1.165) is 42.6 Å². The van der Waals surface area contributed by atoms with Gasteiger partial charge in [0.1, 0.15) is 5.60 Å². The van der Waals surface area contributed by atoms with Crippen LogP contribution in [0.1, 0.15) is 37.3 Å². The second-order valence-corrected chi connectivity index (χ2v) is 7.90. The maximum atomic E-state index is 12.6. The number of amides is 2. The minimum Gasteiger partial charge on any atom is -0.388 e. The number of oxime groups is 1. The molecule has 0 radical (unpaired) electrons. The number of nitrogens with one attached hydrogen (secondary N) is 1. The monoisotopic (exact) mass is 397 g/mol. The van der Waals surface area contributed by atoms with Crippen LogP contribution in [0.2, 0.25) is 5.02 Å². The van der Waals surface area contributed by atoms with Gasteiger partial charge in [0.05, 0.1) is 5.71 Å². The van der Waals surface area contributed by atoms with E-state index >= 15 is 0 Å². The first kappa shape index (κ1) is 18.8. The molecule has 0 aromatic heterocycles. The zero-order valence-corrected chi connectivity index (χ0v) is 16.7. The van der Waals surface area contributed by atoms with E-state index in [1.165, 1.54) is 5.56 Å². The predicted molar refractivity (Wildman–Crippen MR) is 112 cm³/mol. The Morgan fingerprint density at radius 1 is 1.14 bits per heavy atom. The molecular formula is C22H24ClN3O2. The highest BCUT2D eigenvalue weighted by Gasteiger charge is 2.43. The molecule has 0 unspecified atom stereocenters. The number of hydrogen-bond acceptors (Lipinski definition) is 3. The van der Waals surface area contributed by atoms with Crippen molar-refractivity contribution in [3.05, 3.63) is 64.7 Å². The van der Waals surface area contributed by atoms with Gasteiger partial charge in [-0.1, -0.05) is 47.9 Å². The van der Waals surface area contributed by atoms with Crippen molar-refractivity contribution in [2.75, 3.05) is 18.4 Å². The summed E-state index contributed by atoms with van der Waals surface area (Å²) in [5, 5.41) is 8.02. The number of piperidine rings is 1. The maximum Gasteiger partial charge on any atom is 0.321 e.